The zero-order valence-electron chi connectivity index (χ0n) is 42.5. The average Bonchev–Trinajstić information content (AvgIpc) is 4.01. The molecule has 0 saturated carbocycles. The molecule has 0 fully saturated rings. The first-order chi connectivity index (χ1) is 36.3. The smallest absolute Gasteiger partial charge is 0.152 e. The SMILES string of the molecule is C=C(SC)C(=NC(=N)c1ccc2c(c1)-c1c(C)cccc1C21c2ccccc2-n2c3ccccc3c3cccc1c32)c1ccc2ccccc2c1.CCc1ccccc1.Cc1ccccc1.NCc1ccccc1. The Labute approximate surface area is 440 Å². The van der Waals surface area contributed by atoms with E-state index < -0.39 is 5.41 Å². The number of aryl methyl sites for hydroxylation is 3. The predicted octanol–water partition coefficient (Wildman–Crippen LogP) is 17.0. The van der Waals surface area contributed by atoms with Crippen LogP contribution in [-0.4, -0.2) is 22.4 Å². The highest BCUT2D eigenvalue weighted by atomic mass is 32.2. The summed E-state index contributed by atoms with van der Waals surface area (Å²) in [7, 11) is 0. The normalized spacial score (nSPS) is 13.6. The Balaban J connectivity index is 0.000000223. The minimum Gasteiger partial charge on any atom is -0.326 e. The van der Waals surface area contributed by atoms with Crippen LogP contribution in [0.4, 0.5) is 0 Å². The second-order valence-corrected chi connectivity index (χ2v) is 19.7. The molecule has 11 aromatic rings. The molecule has 5 heteroatoms. The second kappa shape index (κ2) is 21.8. The van der Waals surface area contributed by atoms with Crippen LogP contribution in [0.5, 0.6) is 0 Å². The lowest BCUT2D eigenvalue weighted by Crippen LogP contribution is -2.33. The van der Waals surface area contributed by atoms with Crippen molar-refractivity contribution in [2.75, 3.05) is 6.26 Å². The maximum atomic E-state index is 9.40. The summed E-state index contributed by atoms with van der Waals surface area (Å²) in [6.45, 7) is 11.4. The van der Waals surface area contributed by atoms with Crippen molar-refractivity contribution >= 4 is 55.9 Å². The number of nitrogens with one attached hydrogen (secondary N) is 1. The fourth-order valence-electron chi connectivity index (χ4n) is 10.8. The van der Waals surface area contributed by atoms with Crippen molar-refractivity contribution in [2.24, 2.45) is 10.7 Å². The third-order valence-corrected chi connectivity index (χ3v) is 15.0. The van der Waals surface area contributed by atoms with Gasteiger partial charge in [0.1, 0.15) is 0 Å². The lowest BCUT2D eigenvalue weighted by atomic mass is 9.65. The van der Waals surface area contributed by atoms with E-state index >= 15 is 0 Å². The van der Waals surface area contributed by atoms with Crippen LogP contribution < -0.4 is 5.73 Å². The van der Waals surface area contributed by atoms with E-state index in [1.54, 1.807) is 11.8 Å². The molecule has 0 amide bonds. The lowest BCUT2D eigenvalue weighted by Gasteiger charge is -2.39. The summed E-state index contributed by atoms with van der Waals surface area (Å²) in [6, 6.07) is 83.2. The number of benzene rings is 10. The van der Waals surface area contributed by atoms with E-state index in [4.69, 9.17) is 10.7 Å². The molecule has 74 heavy (non-hydrogen) atoms. The van der Waals surface area contributed by atoms with Crippen LogP contribution in [0, 0.1) is 19.3 Å². The van der Waals surface area contributed by atoms with Crippen molar-refractivity contribution in [3.05, 3.63) is 304 Å². The number of rotatable bonds is 6. The second-order valence-electron chi connectivity index (χ2n) is 18.8. The van der Waals surface area contributed by atoms with E-state index in [1.807, 2.05) is 60.9 Å². The molecule has 2 heterocycles. The average molecular weight is 977 g/mol. The fraction of sp³-hybridized carbons (Fsp3) is 0.101. The van der Waals surface area contributed by atoms with E-state index in [-0.39, 0.29) is 5.84 Å². The molecule has 1 aliphatic carbocycles. The Morgan fingerprint density at radius 2 is 1.16 bits per heavy atom. The molecular formula is C69H60N4S. The van der Waals surface area contributed by atoms with E-state index in [0.717, 1.165) is 39.1 Å². The maximum Gasteiger partial charge on any atom is 0.152 e. The molecule has 1 spiro atoms. The highest BCUT2D eigenvalue weighted by Gasteiger charge is 2.51. The van der Waals surface area contributed by atoms with Crippen LogP contribution in [0.2, 0.25) is 0 Å². The molecule has 0 radical (unpaired) electrons. The Morgan fingerprint density at radius 3 is 1.84 bits per heavy atom. The van der Waals surface area contributed by atoms with Crippen molar-refractivity contribution in [3.63, 3.8) is 0 Å². The Bertz CT molecular complexity index is 3810. The summed E-state index contributed by atoms with van der Waals surface area (Å²) in [5, 5.41) is 14.2. The van der Waals surface area contributed by atoms with Crippen LogP contribution >= 0.6 is 11.8 Å². The predicted molar refractivity (Wildman–Crippen MR) is 318 cm³/mol. The summed E-state index contributed by atoms with van der Waals surface area (Å²) >= 11 is 1.56. The minimum absolute atomic E-state index is 0.221. The van der Waals surface area contributed by atoms with Crippen LogP contribution in [-0.2, 0) is 18.4 Å². The number of aromatic nitrogens is 1. The van der Waals surface area contributed by atoms with Crippen molar-refractivity contribution in [1.29, 1.82) is 5.41 Å². The standard InChI is InChI=1S/C47H33N3S.C8H10.C7H9N.C7H8/c1-28-12-10-18-39-43(28)36-27-33(46(48)49-44(29(2)51-3)32-23-22-30-13-4-5-14-31(30)26-32)24-25-37(36)47(39)38-17-7-9-21-42(38)50-41-20-8-6-15-34(41)35-16-11-19-40(47)45(35)50;1-2-8-6-4-3-5-7-8;8-6-7-4-2-1-3-5-7;1-7-5-3-2-4-6-7/h4-27,48H,2H2,1,3H3;3-7H,2H2,1H3;1-5H,6,8H2;2-6H,1H3. The first kappa shape index (κ1) is 49.2. The van der Waals surface area contributed by atoms with Gasteiger partial charge in [-0.2, -0.15) is 0 Å². The fourth-order valence-corrected chi connectivity index (χ4v) is 11.1. The van der Waals surface area contributed by atoms with E-state index in [9.17, 15) is 5.41 Å². The number of fused-ring (bicyclic) bond motifs is 13. The molecule has 1 aromatic heterocycles. The van der Waals surface area contributed by atoms with Gasteiger partial charge in [0.05, 0.1) is 27.8 Å². The van der Waals surface area contributed by atoms with E-state index in [0.29, 0.717) is 6.54 Å². The van der Waals surface area contributed by atoms with E-state index in [1.165, 1.54) is 83.0 Å². The molecule has 1 aliphatic heterocycles. The number of allylic oxidation sites excluding steroid dienone is 1. The molecule has 362 valence electrons. The van der Waals surface area contributed by atoms with Gasteiger partial charge in [0, 0.05) is 33.3 Å². The van der Waals surface area contributed by atoms with Crippen LogP contribution in [0.15, 0.2) is 253 Å². The molecule has 13 rings (SSSR count). The number of hydrogen-bond donors (Lipinski definition) is 2. The topological polar surface area (TPSA) is 67.2 Å². The number of thioether (sulfide) groups is 1. The van der Waals surface area contributed by atoms with Gasteiger partial charge in [-0.3, -0.25) is 5.41 Å². The molecule has 3 N–H and O–H groups in total. The molecule has 2 aliphatic rings. The number of aliphatic imine (C=N–C) groups is 1. The largest absolute Gasteiger partial charge is 0.326 e. The van der Waals surface area contributed by atoms with Crippen molar-refractivity contribution < 1.29 is 0 Å². The van der Waals surface area contributed by atoms with Crippen LogP contribution in [0.3, 0.4) is 0 Å². The van der Waals surface area contributed by atoms with Gasteiger partial charge in [0.15, 0.2) is 5.84 Å². The van der Waals surface area contributed by atoms with Gasteiger partial charge in [-0.15, -0.1) is 11.8 Å². The number of nitrogens with zero attached hydrogens (tertiary/aromatic N) is 2. The number of para-hydroxylation sites is 3. The van der Waals surface area contributed by atoms with Crippen molar-refractivity contribution in [2.45, 2.75) is 39.2 Å². The molecule has 10 aromatic carbocycles. The first-order valence-electron chi connectivity index (χ1n) is 25.3. The first-order valence-corrected chi connectivity index (χ1v) is 26.6. The molecular weight excluding hydrogens is 917 g/mol. The summed E-state index contributed by atoms with van der Waals surface area (Å²) in [4.78, 5) is 5.83. The Kier molecular flexibility index (Phi) is 14.5. The summed E-state index contributed by atoms with van der Waals surface area (Å²) in [5.74, 6) is 0.221. The van der Waals surface area contributed by atoms with Gasteiger partial charge in [0.2, 0.25) is 0 Å². The van der Waals surface area contributed by atoms with Gasteiger partial charge < -0.3 is 10.3 Å². The van der Waals surface area contributed by atoms with Crippen molar-refractivity contribution in [3.8, 4) is 16.8 Å². The Hall–Kier alpha value is -8.35. The van der Waals surface area contributed by atoms with Gasteiger partial charge in [-0.25, -0.2) is 4.99 Å². The monoisotopic (exact) mass is 976 g/mol. The number of amidine groups is 1. The van der Waals surface area contributed by atoms with Crippen molar-refractivity contribution in [1.82, 2.24) is 4.57 Å². The van der Waals surface area contributed by atoms with Gasteiger partial charge in [-0.05, 0) is 112 Å². The van der Waals surface area contributed by atoms with Crippen LogP contribution in [0.25, 0.3) is 49.4 Å². The molecule has 0 bridgehead atoms. The third-order valence-electron chi connectivity index (χ3n) is 14.3. The maximum absolute atomic E-state index is 9.40. The molecule has 1 atom stereocenters. The van der Waals surface area contributed by atoms with E-state index in [2.05, 4.69) is 214 Å². The highest BCUT2D eigenvalue weighted by molar-refractivity contribution is 8.03. The quantitative estimate of drug-likeness (QED) is 0.129. The Morgan fingerprint density at radius 1 is 0.568 bits per heavy atom. The zero-order valence-corrected chi connectivity index (χ0v) is 43.3. The summed E-state index contributed by atoms with van der Waals surface area (Å²) in [5.41, 5.74) is 23.6. The third kappa shape index (κ3) is 9.22. The summed E-state index contributed by atoms with van der Waals surface area (Å²) < 4.78 is 2.47. The minimum atomic E-state index is -0.523. The lowest BCUT2D eigenvalue weighted by molar-refractivity contribution is 0.748. The van der Waals surface area contributed by atoms with Gasteiger partial charge in [0.25, 0.3) is 0 Å². The summed E-state index contributed by atoms with van der Waals surface area (Å²) in [6.07, 6.45) is 3.15. The number of nitrogens with two attached hydrogens (primary N) is 1. The molecule has 1 unspecified atom stereocenters. The molecule has 0 saturated heterocycles. The molecule has 4 nitrogen and oxygen atoms in total. The zero-order chi connectivity index (χ0) is 51.2. The van der Waals surface area contributed by atoms with Gasteiger partial charge >= 0.3 is 0 Å². The number of hydrogen-bond acceptors (Lipinski definition) is 3. The van der Waals surface area contributed by atoms with Gasteiger partial charge in [-0.1, -0.05) is 231 Å². The van der Waals surface area contributed by atoms with Crippen LogP contribution in [0.1, 0.15) is 62.6 Å². The highest BCUT2D eigenvalue weighted by Crippen LogP contribution is 2.61.